The van der Waals surface area contributed by atoms with Crippen molar-refractivity contribution >= 4 is 17.9 Å². The Hall–Kier alpha value is -2.73. The first-order valence-electron chi connectivity index (χ1n) is 6.53. The number of urea groups is 1. The summed E-state index contributed by atoms with van der Waals surface area (Å²) in [4.78, 5) is 37.7. The molecule has 2 unspecified atom stereocenters. The Kier molecular flexibility index (Phi) is 6.41. The van der Waals surface area contributed by atoms with Crippen LogP contribution in [0.2, 0.25) is 0 Å². The third kappa shape index (κ3) is 5.52. The number of nitrogens with two attached hydrogens (primary N) is 2. The maximum atomic E-state index is 11.8. The van der Waals surface area contributed by atoms with E-state index in [1.807, 2.05) is 5.32 Å². The van der Waals surface area contributed by atoms with Crippen molar-refractivity contribution < 1.29 is 29.1 Å². The molecule has 12 nitrogen and oxygen atoms in total. The first kappa shape index (κ1) is 18.3. The van der Waals surface area contributed by atoms with Crippen molar-refractivity contribution in [2.75, 3.05) is 0 Å². The van der Waals surface area contributed by atoms with Crippen LogP contribution in [-0.4, -0.2) is 50.4 Å². The largest absolute Gasteiger partial charge is 0.480 e. The summed E-state index contributed by atoms with van der Waals surface area (Å²) >= 11 is 0. The highest BCUT2D eigenvalue weighted by atomic mass is 16.5. The molecular weight excluding hydrogens is 312 g/mol. The van der Waals surface area contributed by atoms with Crippen molar-refractivity contribution in [3.05, 3.63) is 11.7 Å². The van der Waals surface area contributed by atoms with Crippen molar-refractivity contribution in [1.29, 1.82) is 0 Å². The summed E-state index contributed by atoms with van der Waals surface area (Å²) < 4.78 is 4.86. The van der Waals surface area contributed by atoms with E-state index in [1.54, 1.807) is 0 Å². The Morgan fingerprint density at radius 3 is 2.43 bits per heavy atom. The van der Waals surface area contributed by atoms with Gasteiger partial charge in [-0.15, -0.1) is 0 Å². The average molecular weight is 330 g/mol. The van der Waals surface area contributed by atoms with Crippen LogP contribution in [0.25, 0.3) is 0 Å². The molecule has 3 atom stereocenters. The molecule has 3 amide bonds. The molecule has 0 fully saturated rings. The number of carbonyl (C=O) groups is 3. The standard InChI is InChI=1S/C11H18N6O6/c1-4(18)8(10(20)21)16-11(22)14-5(2-6(13)19)9-15-7(3-12)17-23-9/h4-5,8,18H,2-3,12H2,1H3,(H2,13,19)(H,20,21)(H2,14,16,22)/t4?,5-,8?/m1/s1. The van der Waals surface area contributed by atoms with Gasteiger partial charge in [0.1, 0.15) is 6.04 Å². The van der Waals surface area contributed by atoms with Gasteiger partial charge in [-0.05, 0) is 6.92 Å². The van der Waals surface area contributed by atoms with Crippen LogP contribution < -0.4 is 22.1 Å². The van der Waals surface area contributed by atoms with Gasteiger partial charge in [-0.25, -0.2) is 9.59 Å². The molecule has 0 saturated heterocycles. The summed E-state index contributed by atoms with van der Waals surface area (Å²) in [5.41, 5.74) is 10.4. The summed E-state index contributed by atoms with van der Waals surface area (Å²) in [7, 11) is 0. The van der Waals surface area contributed by atoms with Crippen molar-refractivity contribution in [3.63, 3.8) is 0 Å². The molecule has 23 heavy (non-hydrogen) atoms. The second kappa shape index (κ2) is 8.05. The lowest BCUT2D eigenvalue weighted by Gasteiger charge is -2.19. The zero-order valence-electron chi connectivity index (χ0n) is 12.2. The Balaban J connectivity index is 2.82. The minimum Gasteiger partial charge on any atom is -0.480 e. The molecule has 0 aliphatic rings. The van der Waals surface area contributed by atoms with Crippen molar-refractivity contribution in [2.45, 2.75) is 38.1 Å². The Bertz CT molecular complexity index is 573. The van der Waals surface area contributed by atoms with Gasteiger partial charge in [0.15, 0.2) is 11.9 Å². The topological polar surface area (TPSA) is 207 Å². The summed E-state index contributed by atoms with van der Waals surface area (Å²) in [6.07, 6.45) is -1.69. The van der Waals surface area contributed by atoms with E-state index in [4.69, 9.17) is 21.1 Å². The summed E-state index contributed by atoms with van der Waals surface area (Å²) in [5.74, 6) is -2.13. The number of rotatable bonds is 8. The second-order valence-corrected chi connectivity index (χ2v) is 4.65. The fourth-order valence-electron chi connectivity index (χ4n) is 1.62. The number of carboxylic acid groups (broad SMARTS) is 1. The van der Waals surface area contributed by atoms with Gasteiger partial charge in [-0.3, -0.25) is 4.79 Å². The summed E-state index contributed by atoms with van der Waals surface area (Å²) in [6.45, 7) is 1.19. The minimum absolute atomic E-state index is 0.0118. The first-order valence-corrected chi connectivity index (χ1v) is 6.53. The van der Waals surface area contributed by atoms with Crippen LogP contribution in [0.1, 0.15) is 31.1 Å². The van der Waals surface area contributed by atoms with Crippen LogP contribution in [0.4, 0.5) is 4.79 Å². The highest BCUT2D eigenvalue weighted by Gasteiger charge is 2.28. The van der Waals surface area contributed by atoms with E-state index >= 15 is 0 Å². The van der Waals surface area contributed by atoms with Gasteiger partial charge < -0.3 is 36.8 Å². The van der Waals surface area contributed by atoms with E-state index < -0.39 is 36.1 Å². The highest BCUT2D eigenvalue weighted by molar-refractivity contribution is 5.83. The maximum absolute atomic E-state index is 11.8. The molecule has 0 spiro atoms. The molecule has 0 radical (unpaired) electrons. The number of aliphatic hydroxyl groups is 1. The van der Waals surface area contributed by atoms with E-state index in [9.17, 15) is 19.5 Å². The van der Waals surface area contributed by atoms with E-state index in [2.05, 4.69) is 15.5 Å². The van der Waals surface area contributed by atoms with E-state index in [-0.39, 0.29) is 24.7 Å². The predicted octanol–water partition coefficient (Wildman–Crippen LogP) is -2.42. The summed E-state index contributed by atoms with van der Waals surface area (Å²) in [5, 5.41) is 26.0. The van der Waals surface area contributed by atoms with Gasteiger partial charge in [0.05, 0.1) is 19.1 Å². The number of aliphatic hydroxyl groups excluding tert-OH is 1. The predicted molar refractivity (Wildman–Crippen MR) is 73.5 cm³/mol. The highest BCUT2D eigenvalue weighted by Crippen LogP contribution is 2.14. The number of carbonyl (C=O) groups excluding carboxylic acids is 2. The zero-order valence-corrected chi connectivity index (χ0v) is 12.2. The number of nitrogens with one attached hydrogen (secondary N) is 2. The van der Waals surface area contributed by atoms with Crippen LogP contribution in [0.15, 0.2) is 4.52 Å². The molecule has 1 rings (SSSR count). The van der Waals surface area contributed by atoms with Crippen LogP contribution in [0.5, 0.6) is 0 Å². The Morgan fingerprint density at radius 1 is 1.35 bits per heavy atom. The summed E-state index contributed by atoms with van der Waals surface area (Å²) in [6, 6.07) is -3.56. The van der Waals surface area contributed by atoms with Crippen molar-refractivity contribution in [2.24, 2.45) is 11.5 Å². The quantitative estimate of drug-likeness (QED) is 0.299. The zero-order chi connectivity index (χ0) is 17.6. The minimum atomic E-state index is -1.54. The molecule has 0 aliphatic carbocycles. The SMILES string of the molecule is CC(O)C(NC(=O)N[C@H](CC(N)=O)c1nc(CN)no1)C(=O)O. The molecule has 128 valence electrons. The lowest BCUT2D eigenvalue weighted by atomic mass is 10.2. The molecular formula is C11H18N6O6. The third-order valence-corrected chi connectivity index (χ3v) is 2.71. The molecule has 0 saturated carbocycles. The molecule has 1 heterocycles. The molecule has 12 heteroatoms. The number of carboxylic acids is 1. The van der Waals surface area contributed by atoms with Crippen molar-refractivity contribution in [3.8, 4) is 0 Å². The Labute approximate surface area is 130 Å². The normalized spacial score (nSPS) is 14.6. The number of amides is 3. The van der Waals surface area contributed by atoms with Crippen molar-refractivity contribution in [1.82, 2.24) is 20.8 Å². The van der Waals surface area contributed by atoms with E-state index in [1.165, 1.54) is 6.92 Å². The molecule has 1 aromatic heterocycles. The first-order chi connectivity index (χ1) is 10.7. The van der Waals surface area contributed by atoms with Gasteiger partial charge in [0.25, 0.3) is 0 Å². The fourth-order valence-corrected chi connectivity index (χ4v) is 1.62. The van der Waals surface area contributed by atoms with Gasteiger partial charge in [0.2, 0.25) is 11.8 Å². The fraction of sp³-hybridized carbons (Fsp3) is 0.545. The van der Waals surface area contributed by atoms with Gasteiger partial charge in [-0.2, -0.15) is 4.98 Å². The Morgan fingerprint density at radius 2 is 2.00 bits per heavy atom. The van der Waals surface area contributed by atoms with Gasteiger partial charge in [-0.1, -0.05) is 5.16 Å². The van der Waals surface area contributed by atoms with Gasteiger partial charge in [0, 0.05) is 0 Å². The molecule has 0 aliphatic heterocycles. The number of aromatic nitrogens is 2. The third-order valence-electron chi connectivity index (χ3n) is 2.71. The van der Waals surface area contributed by atoms with Crippen LogP contribution in [-0.2, 0) is 16.1 Å². The van der Waals surface area contributed by atoms with Crippen LogP contribution in [0.3, 0.4) is 0 Å². The number of hydrogen-bond acceptors (Lipinski definition) is 8. The monoisotopic (exact) mass is 330 g/mol. The molecule has 8 N–H and O–H groups in total. The second-order valence-electron chi connectivity index (χ2n) is 4.65. The molecule has 0 aromatic carbocycles. The van der Waals surface area contributed by atoms with E-state index in [0.717, 1.165) is 0 Å². The number of hydrogen-bond donors (Lipinski definition) is 6. The lowest BCUT2D eigenvalue weighted by Crippen LogP contribution is -2.52. The average Bonchev–Trinajstić information content (AvgIpc) is 2.91. The molecule has 1 aromatic rings. The lowest BCUT2D eigenvalue weighted by molar-refractivity contribution is -0.141. The molecule has 0 bridgehead atoms. The number of primary amides is 1. The van der Waals surface area contributed by atoms with E-state index in [0.29, 0.717) is 0 Å². The van der Waals surface area contributed by atoms with Gasteiger partial charge >= 0.3 is 12.0 Å². The van der Waals surface area contributed by atoms with Crippen LogP contribution in [0, 0.1) is 0 Å². The smallest absolute Gasteiger partial charge is 0.328 e. The number of aliphatic carboxylic acids is 1. The maximum Gasteiger partial charge on any atom is 0.328 e. The van der Waals surface area contributed by atoms with Crippen LogP contribution >= 0.6 is 0 Å². The number of nitrogens with zero attached hydrogens (tertiary/aromatic N) is 2.